The third-order valence-electron chi connectivity index (χ3n) is 4.64. The molecular formula is C23H23N5. The van der Waals surface area contributed by atoms with Gasteiger partial charge in [0.05, 0.1) is 11.2 Å². The summed E-state index contributed by atoms with van der Waals surface area (Å²) in [6.45, 7) is 5.81. The molecule has 0 aliphatic rings. The largest absolute Gasteiger partial charge is 0.352 e. The van der Waals surface area contributed by atoms with Crippen LogP contribution >= 0.6 is 0 Å². The number of nitrogens with one attached hydrogen (secondary N) is 1. The summed E-state index contributed by atoms with van der Waals surface area (Å²) in [5.41, 5.74) is 4.00. The number of benzene rings is 2. The van der Waals surface area contributed by atoms with Gasteiger partial charge in [-0.1, -0.05) is 48.5 Å². The first-order valence-corrected chi connectivity index (χ1v) is 9.48. The standard InChI is InChI=1S/C23H23N5/c1-3-28(16-18-9-5-4-6-10-18)21-15-17(2)25-23(27-21)26-20-13-7-11-19-12-8-14-24-22(19)20/h4-15H,3,16H2,1-2H3,(H,25,26,27). The Labute approximate surface area is 165 Å². The van der Waals surface area contributed by atoms with Crippen LogP contribution < -0.4 is 10.2 Å². The van der Waals surface area contributed by atoms with E-state index in [1.54, 1.807) is 6.20 Å². The zero-order valence-electron chi connectivity index (χ0n) is 16.1. The molecule has 0 saturated carbocycles. The lowest BCUT2D eigenvalue weighted by Gasteiger charge is -2.23. The summed E-state index contributed by atoms with van der Waals surface area (Å²) >= 11 is 0. The SMILES string of the molecule is CCN(Cc1ccccc1)c1cc(C)nc(Nc2cccc3cccnc23)n1. The van der Waals surface area contributed by atoms with Crippen LogP contribution in [-0.2, 0) is 6.54 Å². The number of anilines is 3. The van der Waals surface area contributed by atoms with Gasteiger partial charge in [-0.15, -0.1) is 0 Å². The first kappa shape index (κ1) is 17.9. The zero-order chi connectivity index (χ0) is 19.3. The van der Waals surface area contributed by atoms with Crippen molar-refractivity contribution in [3.05, 3.63) is 84.2 Å². The zero-order valence-corrected chi connectivity index (χ0v) is 16.1. The van der Waals surface area contributed by atoms with Gasteiger partial charge in [-0.05, 0) is 31.5 Å². The predicted molar refractivity (Wildman–Crippen MR) is 115 cm³/mol. The Kier molecular flexibility index (Phi) is 5.15. The monoisotopic (exact) mass is 369 g/mol. The number of hydrogen-bond acceptors (Lipinski definition) is 5. The third kappa shape index (κ3) is 3.93. The van der Waals surface area contributed by atoms with Crippen molar-refractivity contribution in [2.45, 2.75) is 20.4 Å². The molecule has 1 N–H and O–H groups in total. The van der Waals surface area contributed by atoms with Crippen molar-refractivity contribution in [2.24, 2.45) is 0 Å². The van der Waals surface area contributed by atoms with Gasteiger partial charge in [0.25, 0.3) is 0 Å². The molecule has 0 radical (unpaired) electrons. The van der Waals surface area contributed by atoms with E-state index in [0.29, 0.717) is 5.95 Å². The maximum absolute atomic E-state index is 4.78. The minimum absolute atomic E-state index is 0.583. The van der Waals surface area contributed by atoms with Crippen molar-refractivity contribution >= 4 is 28.4 Å². The Morgan fingerprint density at radius 3 is 2.57 bits per heavy atom. The third-order valence-corrected chi connectivity index (χ3v) is 4.64. The van der Waals surface area contributed by atoms with Gasteiger partial charge in [-0.2, -0.15) is 4.98 Å². The maximum Gasteiger partial charge on any atom is 0.229 e. The minimum Gasteiger partial charge on any atom is -0.352 e. The summed E-state index contributed by atoms with van der Waals surface area (Å²) in [5, 5.41) is 4.44. The Hall–Kier alpha value is -3.47. The van der Waals surface area contributed by atoms with E-state index in [1.165, 1.54) is 5.56 Å². The Morgan fingerprint density at radius 1 is 0.929 bits per heavy atom. The van der Waals surface area contributed by atoms with Crippen molar-refractivity contribution in [1.29, 1.82) is 0 Å². The number of nitrogens with zero attached hydrogens (tertiary/aromatic N) is 4. The molecule has 4 rings (SSSR count). The molecule has 140 valence electrons. The molecule has 4 aromatic rings. The summed E-state index contributed by atoms with van der Waals surface area (Å²) in [6.07, 6.45) is 1.80. The molecule has 0 aliphatic heterocycles. The number of fused-ring (bicyclic) bond motifs is 1. The molecular weight excluding hydrogens is 346 g/mol. The van der Waals surface area contributed by atoms with Crippen LogP contribution in [0, 0.1) is 6.92 Å². The Balaban J connectivity index is 1.64. The van der Waals surface area contributed by atoms with Crippen LogP contribution in [0.1, 0.15) is 18.2 Å². The van der Waals surface area contributed by atoms with Crippen LogP contribution in [0.5, 0.6) is 0 Å². The molecule has 0 bridgehead atoms. The summed E-state index contributed by atoms with van der Waals surface area (Å²) in [6, 6.07) is 22.5. The number of pyridine rings is 1. The fourth-order valence-electron chi connectivity index (χ4n) is 3.25. The summed E-state index contributed by atoms with van der Waals surface area (Å²) in [4.78, 5) is 16.1. The first-order valence-electron chi connectivity index (χ1n) is 9.48. The van der Waals surface area contributed by atoms with Crippen LogP contribution in [0.25, 0.3) is 10.9 Å². The van der Waals surface area contributed by atoms with Crippen LogP contribution in [0.4, 0.5) is 17.5 Å². The van der Waals surface area contributed by atoms with Crippen molar-refractivity contribution < 1.29 is 0 Å². The Morgan fingerprint density at radius 2 is 1.75 bits per heavy atom. The number of para-hydroxylation sites is 1. The van der Waals surface area contributed by atoms with Gasteiger partial charge in [0, 0.05) is 36.4 Å². The summed E-state index contributed by atoms with van der Waals surface area (Å²) in [7, 11) is 0. The normalized spacial score (nSPS) is 10.8. The predicted octanol–water partition coefficient (Wildman–Crippen LogP) is 5.10. The van der Waals surface area contributed by atoms with Gasteiger partial charge in [-0.25, -0.2) is 4.98 Å². The number of aromatic nitrogens is 3. The smallest absolute Gasteiger partial charge is 0.229 e. The molecule has 2 aromatic heterocycles. The molecule has 0 unspecified atom stereocenters. The van der Waals surface area contributed by atoms with Crippen molar-refractivity contribution in [3.8, 4) is 0 Å². The Bertz CT molecular complexity index is 1070. The van der Waals surface area contributed by atoms with E-state index in [1.807, 2.05) is 37.3 Å². The van der Waals surface area contributed by atoms with Gasteiger partial charge >= 0.3 is 0 Å². The molecule has 0 atom stereocenters. The minimum atomic E-state index is 0.583. The molecule has 0 spiro atoms. The lowest BCUT2D eigenvalue weighted by Crippen LogP contribution is -2.23. The van der Waals surface area contributed by atoms with Crippen LogP contribution in [0.15, 0.2) is 72.9 Å². The number of rotatable bonds is 6. The van der Waals surface area contributed by atoms with Gasteiger partial charge in [0.15, 0.2) is 0 Å². The van der Waals surface area contributed by atoms with E-state index in [-0.39, 0.29) is 0 Å². The fourth-order valence-corrected chi connectivity index (χ4v) is 3.25. The molecule has 5 heteroatoms. The van der Waals surface area contributed by atoms with Gasteiger partial charge in [0.1, 0.15) is 5.82 Å². The highest BCUT2D eigenvalue weighted by Crippen LogP contribution is 2.25. The maximum atomic E-state index is 4.78. The van der Waals surface area contributed by atoms with Crippen molar-refractivity contribution in [2.75, 3.05) is 16.8 Å². The van der Waals surface area contributed by atoms with E-state index in [9.17, 15) is 0 Å². The average molecular weight is 369 g/mol. The topological polar surface area (TPSA) is 53.9 Å². The molecule has 0 amide bonds. The van der Waals surface area contributed by atoms with Gasteiger partial charge in [-0.3, -0.25) is 4.98 Å². The first-order chi connectivity index (χ1) is 13.7. The van der Waals surface area contributed by atoms with Gasteiger partial charge in [0.2, 0.25) is 5.95 Å². The molecule has 2 aromatic carbocycles. The highest BCUT2D eigenvalue weighted by Gasteiger charge is 2.11. The van der Waals surface area contributed by atoms with E-state index < -0.39 is 0 Å². The second-order valence-corrected chi connectivity index (χ2v) is 6.70. The molecule has 0 saturated heterocycles. The molecule has 5 nitrogen and oxygen atoms in total. The second kappa shape index (κ2) is 8.05. The quantitative estimate of drug-likeness (QED) is 0.512. The highest BCUT2D eigenvalue weighted by atomic mass is 15.2. The van der Waals surface area contributed by atoms with Crippen molar-refractivity contribution in [3.63, 3.8) is 0 Å². The fraction of sp³-hybridized carbons (Fsp3) is 0.174. The summed E-state index contributed by atoms with van der Waals surface area (Å²) in [5.74, 6) is 1.49. The van der Waals surface area contributed by atoms with Crippen LogP contribution in [-0.4, -0.2) is 21.5 Å². The van der Waals surface area contributed by atoms with E-state index in [2.05, 4.69) is 63.5 Å². The van der Waals surface area contributed by atoms with Gasteiger partial charge < -0.3 is 10.2 Å². The molecule has 2 heterocycles. The molecule has 0 aliphatic carbocycles. The lowest BCUT2D eigenvalue weighted by molar-refractivity contribution is 0.809. The second-order valence-electron chi connectivity index (χ2n) is 6.70. The van der Waals surface area contributed by atoms with Crippen molar-refractivity contribution in [1.82, 2.24) is 15.0 Å². The van der Waals surface area contributed by atoms with Crippen LogP contribution in [0.2, 0.25) is 0 Å². The molecule has 0 fully saturated rings. The number of aryl methyl sites for hydroxylation is 1. The van der Waals surface area contributed by atoms with E-state index in [4.69, 9.17) is 4.98 Å². The summed E-state index contributed by atoms with van der Waals surface area (Å²) < 4.78 is 0. The number of hydrogen-bond donors (Lipinski definition) is 1. The highest BCUT2D eigenvalue weighted by molar-refractivity contribution is 5.91. The van der Waals surface area contributed by atoms with E-state index >= 15 is 0 Å². The van der Waals surface area contributed by atoms with Crippen LogP contribution in [0.3, 0.4) is 0 Å². The average Bonchev–Trinajstić information content (AvgIpc) is 2.72. The van der Waals surface area contributed by atoms with E-state index in [0.717, 1.165) is 41.2 Å². The molecule has 28 heavy (non-hydrogen) atoms. The lowest BCUT2D eigenvalue weighted by atomic mass is 10.2.